The van der Waals surface area contributed by atoms with Gasteiger partial charge in [0.05, 0.1) is 32.8 Å². The third-order valence-corrected chi connectivity index (χ3v) is 3.89. The minimum absolute atomic E-state index is 0.0236. The summed E-state index contributed by atoms with van der Waals surface area (Å²) in [6, 6.07) is 5.18. The lowest BCUT2D eigenvalue weighted by atomic mass is 9.73. The first kappa shape index (κ1) is 17.5. The van der Waals surface area contributed by atoms with Crippen LogP contribution in [0, 0.1) is 0 Å². The van der Waals surface area contributed by atoms with E-state index in [1.54, 1.807) is 18.2 Å². The normalized spacial score (nSPS) is 18.0. The zero-order valence-electron chi connectivity index (χ0n) is 13.4. The van der Waals surface area contributed by atoms with Gasteiger partial charge in [0.15, 0.2) is 0 Å². The number of hydrogen-bond donors (Lipinski definition) is 1. The molecule has 0 bridgehead atoms. The van der Waals surface area contributed by atoms with E-state index in [4.69, 9.17) is 14.2 Å². The highest BCUT2D eigenvalue weighted by Gasteiger charge is 2.57. The Morgan fingerprint density at radius 1 is 1.17 bits per heavy atom. The minimum atomic E-state index is -2.76. The van der Waals surface area contributed by atoms with Crippen molar-refractivity contribution in [3.8, 4) is 11.5 Å². The first-order chi connectivity index (χ1) is 10.8. The highest BCUT2D eigenvalue weighted by Crippen LogP contribution is 2.45. The average molecular weight is 329 g/mol. The maximum atomic E-state index is 13.2. The quantitative estimate of drug-likeness (QED) is 0.833. The molecular weight excluding hydrogens is 308 g/mol. The van der Waals surface area contributed by atoms with E-state index < -0.39 is 24.3 Å². The van der Waals surface area contributed by atoms with Gasteiger partial charge in [0.2, 0.25) is 5.91 Å². The van der Waals surface area contributed by atoms with E-state index in [2.05, 4.69) is 5.32 Å². The summed E-state index contributed by atoms with van der Waals surface area (Å²) in [6.07, 6.45) is -0.852. The molecule has 128 valence electrons. The van der Waals surface area contributed by atoms with Gasteiger partial charge >= 0.3 is 0 Å². The topological polar surface area (TPSA) is 56.8 Å². The van der Waals surface area contributed by atoms with Crippen LogP contribution in [0.15, 0.2) is 18.2 Å². The Morgan fingerprint density at radius 2 is 1.74 bits per heavy atom. The van der Waals surface area contributed by atoms with Crippen molar-refractivity contribution in [2.45, 2.75) is 30.7 Å². The van der Waals surface area contributed by atoms with Crippen LogP contribution in [0.1, 0.15) is 18.4 Å². The number of nitrogens with one attached hydrogen (secondary N) is 1. The fourth-order valence-corrected chi connectivity index (χ4v) is 3.04. The Morgan fingerprint density at radius 3 is 2.17 bits per heavy atom. The van der Waals surface area contributed by atoms with Gasteiger partial charge in [0.25, 0.3) is 5.92 Å². The number of ether oxygens (including phenoxy) is 3. The summed E-state index contributed by atoms with van der Waals surface area (Å²) in [5.74, 6) is -2.10. The molecule has 1 aromatic carbocycles. The number of amides is 1. The van der Waals surface area contributed by atoms with Crippen LogP contribution in [-0.2, 0) is 16.0 Å². The summed E-state index contributed by atoms with van der Waals surface area (Å²) < 4.78 is 41.9. The number of carbonyl (C=O) groups is 1. The molecule has 0 unspecified atom stereocenters. The number of rotatable bonds is 7. The molecule has 0 spiro atoms. The molecular formula is C16H21F2NO4. The Kier molecular flexibility index (Phi) is 5.09. The molecule has 1 saturated carbocycles. The van der Waals surface area contributed by atoms with E-state index in [0.29, 0.717) is 17.1 Å². The average Bonchev–Trinajstić information content (AvgIpc) is 2.45. The number of benzene rings is 1. The van der Waals surface area contributed by atoms with Gasteiger partial charge in [-0.25, -0.2) is 8.78 Å². The Bertz CT molecular complexity index is 547. The van der Waals surface area contributed by atoms with Gasteiger partial charge in [0, 0.05) is 25.5 Å². The van der Waals surface area contributed by atoms with Gasteiger partial charge in [-0.1, -0.05) is 6.07 Å². The van der Waals surface area contributed by atoms with Gasteiger partial charge in [-0.2, -0.15) is 0 Å². The van der Waals surface area contributed by atoms with Crippen LogP contribution in [0.3, 0.4) is 0 Å². The summed E-state index contributed by atoms with van der Waals surface area (Å²) in [4.78, 5) is 12.3. The Hall–Kier alpha value is -1.89. The van der Waals surface area contributed by atoms with Crippen LogP contribution in [0.2, 0.25) is 0 Å². The molecule has 1 fully saturated rings. The van der Waals surface area contributed by atoms with Crippen molar-refractivity contribution in [2.75, 3.05) is 27.9 Å². The lowest BCUT2D eigenvalue weighted by Crippen LogP contribution is -2.64. The van der Waals surface area contributed by atoms with Gasteiger partial charge < -0.3 is 19.5 Å². The molecule has 0 atom stereocenters. The maximum Gasteiger partial charge on any atom is 0.252 e. The van der Waals surface area contributed by atoms with Crippen molar-refractivity contribution in [2.24, 2.45) is 0 Å². The molecule has 1 aromatic rings. The zero-order chi connectivity index (χ0) is 17.1. The zero-order valence-corrected chi connectivity index (χ0v) is 13.4. The third kappa shape index (κ3) is 3.90. The summed E-state index contributed by atoms with van der Waals surface area (Å²) in [7, 11) is 4.41. The van der Waals surface area contributed by atoms with Crippen LogP contribution in [-0.4, -0.2) is 45.3 Å². The second kappa shape index (κ2) is 6.70. The molecule has 0 aromatic heterocycles. The van der Waals surface area contributed by atoms with Gasteiger partial charge in [0.1, 0.15) is 11.5 Å². The molecule has 0 aliphatic heterocycles. The Labute approximate surface area is 133 Å². The SMILES string of the molecule is COCC1(NC(=O)Cc2c(OC)cccc2OC)CC(F)(F)C1. The lowest BCUT2D eigenvalue weighted by Gasteiger charge is -2.47. The predicted molar refractivity (Wildman–Crippen MR) is 80.2 cm³/mol. The summed E-state index contributed by atoms with van der Waals surface area (Å²) in [5.41, 5.74) is -0.432. The Balaban J connectivity index is 2.10. The van der Waals surface area contributed by atoms with Crippen molar-refractivity contribution in [3.63, 3.8) is 0 Å². The number of methoxy groups -OCH3 is 3. The molecule has 5 nitrogen and oxygen atoms in total. The van der Waals surface area contributed by atoms with Crippen molar-refractivity contribution >= 4 is 5.91 Å². The molecule has 23 heavy (non-hydrogen) atoms. The van der Waals surface area contributed by atoms with Crippen LogP contribution in [0.25, 0.3) is 0 Å². The summed E-state index contributed by atoms with van der Waals surface area (Å²) in [5, 5.41) is 2.68. The lowest BCUT2D eigenvalue weighted by molar-refractivity contribution is -0.158. The number of hydrogen-bond acceptors (Lipinski definition) is 4. The van der Waals surface area contributed by atoms with Crippen molar-refractivity contribution in [1.29, 1.82) is 0 Å². The highest BCUT2D eigenvalue weighted by atomic mass is 19.3. The van der Waals surface area contributed by atoms with Crippen LogP contribution in [0.4, 0.5) is 8.78 Å². The number of alkyl halides is 2. The van der Waals surface area contributed by atoms with E-state index in [1.165, 1.54) is 21.3 Å². The molecule has 7 heteroatoms. The van der Waals surface area contributed by atoms with Crippen molar-refractivity contribution in [1.82, 2.24) is 5.32 Å². The van der Waals surface area contributed by atoms with Crippen molar-refractivity contribution in [3.05, 3.63) is 23.8 Å². The molecule has 0 heterocycles. The van der Waals surface area contributed by atoms with Gasteiger partial charge in [-0.15, -0.1) is 0 Å². The second-order valence-corrected chi connectivity index (χ2v) is 5.79. The van der Waals surface area contributed by atoms with Gasteiger partial charge in [-0.05, 0) is 12.1 Å². The smallest absolute Gasteiger partial charge is 0.252 e. The largest absolute Gasteiger partial charge is 0.496 e. The second-order valence-electron chi connectivity index (χ2n) is 5.79. The third-order valence-electron chi connectivity index (χ3n) is 3.89. The fourth-order valence-electron chi connectivity index (χ4n) is 3.04. The first-order valence-electron chi connectivity index (χ1n) is 7.22. The predicted octanol–water partition coefficient (Wildman–Crippen LogP) is 2.18. The van der Waals surface area contributed by atoms with E-state index in [0.717, 1.165) is 0 Å². The summed E-state index contributed by atoms with van der Waals surface area (Å²) >= 11 is 0. The van der Waals surface area contributed by atoms with Gasteiger partial charge in [-0.3, -0.25) is 4.79 Å². The van der Waals surface area contributed by atoms with E-state index in [1.807, 2.05) is 0 Å². The van der Waals surface area contributed by atoms with E-state index in [9.17, 15) is 13.6 Å². The highest BCUT2D eigenvalue weighted by molar-refractivity contribution is 5.81. The first-order valence-corrected chi connectivity index (χ1v) is 7.22. The molecule has 1 N–H and O–H groups in total. The van der Waals surface area contributed by atoms with E-state index in [-0.39, 0.29) is 18.9 Å². The van der Waals surface area contributed by atoms with E-state index >= 15 is 0 Å². The number of carbonyl (C=O) groups excluding carboxylic acids is 1. The maximum absolute atomic E-state index is 13.2. The monoisotopic (exact) mass is 329 g/mol. The van der Waals surface area contributed by atoms with Crippen LogP contribution in [0.5, 0.6) is 11.5 Å². The van der Waals surface area contributed by atoms with Crippen LogP contribution < -0.4 is 14.8 Å². The molecule has 0 radical (unpaired) electrons. The minimum Gasteiger partial charge on any atom is -0.496 e. The van der Waals surface area contributed by atoms with Crippen LogP contribution >= 0.6 is 0 Å². The molecule has 0 saturated heterocycles. The molecule has 2 rings (SSSR count). The fraction of sp³-hybridized carbons (Fsp3) is 0.562. The molecule has 1 aliphatic rings. The van der Waals surface area contributed by atoms with Crippen molar-refractivity contribution < 1.29 is 27.8 Å². The summed E-state index contributed by atoms with van der Waals surface area (Å²) in [6.45, 7) is 0.0530. The standard InChI is InChI=1S/C16H21F2NO4/c1-21-10-15(8-16(17,18)9-15)19-14(20)7-11-12(22-2)5-4-6-13(11)23-3/h4-6H,7-10H2,1-3H3,(H,19,20). The number of halogens is 2. The molecule has 1 amide bonds. The molecule has 1 aliphatic carbocycles.